The van der Waals surface area contributed by atoms with Crippen molar-refractivity contribution in [2.45, 2.75) is 25.3 Å². The molecule has 2 N–H and O–H groups in total. The van der Waals surface area contributed by atoms with E-state index in [1.54, 1.807) is 11.3 Å². The lowest BCUT2D eigenvalue weighted by atomic mass is 9.87. The molecule has 0 bridgehead atoms. The Balaban J connectivity index is 2.21. The number of benzene rings is 1. The molecular formula is C14H14Cl2FNS. The highest BCUT2D eigenvalue weighted by atomic mass is 35.5. The molecule has 1 atom stereocenters. The van der Waals surface area contributed by atoms with Gasteiger partial charge in [-0.1, -0.05) is 23.2 Å². The quantitative estimate of drug-likeness (QED) is 0.789. The van der Waals surface area contributed by atoms with E-state index < -0.39 is 11.4 Å². The number of halogens is 3. The second-order valence-corrected chi connectivity index (χ2v) is 6.39. The van der Waals surface area contributed by atoms with Crippen LogP contribution in [-0.4, -0.2) is 0 Å². The van der Waals surface area contributed by atoms with E-state index >= 15 is 0 Å². The number of nitrogens with two attached hydrogens (primary N) is 1. The van der Waals surface area contributed by atoms with Crippen molar-refractivity contribution in [2.75, 3.05) is 0 Å². The first-order valence-corrected chi connectivity index (χ1v) is 7.55. The Morgan fingerprint density at radius 1 is 1.32 bits per heavy atom. The predicted molar refractivity (Wildman–Crippen MR) is 80.6 cm³/mol. The summed E-state index contributed by atoms with van der Waals surface area (Å²) in [6.45, 7) is 1.86. The Bertz CT molecular complexity index is 567. The molecule has 0 saturated carbocycles. The van der Waals surface area contributed by atoms with E-state index in [1.807, 2.05) is 12.3 Å². The van der Waals surface area contributed by atoms with Crippen LogP contribution in [0.4, 0.5) is 4.39 Å². The van der Waals surface area contributed by atoms with Crippen molar-refractivity contribution in [2.24, 2.45) is 5.73 Å². The highest BCUT2D eigenvalue weighted by Crippen LogP contribution is 2.33. The largest absolute Gasteiger partial charge is 0.322 e. The van der Waals surface area contributed by atoms with Gasteiger partial charge in [0.05, 0.1) is 5.02 Å². The summed E-state index contributed by atoms with van der Waals surface area (Å²) in [5, 5.41) is 4.53. The number of hydrogen-bond donors (Lipinski definition) is 1. The van der Waals surface area contributed by atoms with Crippen LogP contribution in [-0.2, 0) is 12.0 Å². The van der Waals surface area contributed by atoms with Crippen LogP contribution < -0.4 is 5.73 Å². The van der Waals surface area contributed by atoms with Gasteiger partial charge in [0.2, 0.25) is 0 Å². The Labute approximate surface area is 126 Å². The maximum atomic E-state index is 13.6. The van der Waals surface area contributed by atoms with Crippen molar-refractivity contribution >= 4 is 34.5 Å². The third-order valence-electron chi connectivity index (χ3n) is 3.14. The van der Waals surface area contributed by atoms with Crippen LogP contribution in [0.3, 0.4) is 0 Å². The number of aryl methyl sites for hydroxylation is 1. The van der Waals surface area contributed by atoms with Crippen LogP contribution in [0, 0.1) is 5.82 Å². The minimum Gasteiger partial charge on any atom is -0.322 e. The average molecular weight is 318 g/mol. The monoisotopic (exact) mass is 317 g/mol. The van der Waals surface area contributed by atoms with Gasteiger partial charge in [-0.25, -0.2) is 4.39 Å². The first-order valence-electron chi connectivity index (χ1n) is 5.85. The molecular weight excluding hydrogens is 304 g/mol. The van der Waals surface area contributed by atoms with Crippen LogP contribution in [0.2, 0.25) is 10.0 Å². The Morgan fingerprint density at radius 3 is 2.68 bits per heavy atom. The van der Waals surface area contributed by atoms with Crippen molar-refractivity contribution in [3.8, 4) is 0 Å². The van der Waals surface area contributed by atoms with Crippen molar-refractivity contribution in [3.63, 3.8) is 0 Å². The molecule has 5 heteroatoms. The molecule has 1 nitrogen and oxygen atoms in total. The summed E-state index contributed by atoms with van der Waals surface area (Å²) in [5.41, 5.74) is 7.41. The summed E-state index contributed by atoms with van der Waals surface area (Å²) in [7, 11) is 0. The van der Waals surface area contributed by atoms with Crippen molar-refractivity contribution in [1.82, 2.24) is 0 Å². The Hall–Kier alpha value is -0.610. The zero-order valence-electron chi connectivity index (χ0n) is 10.4. The van der Waals surface area contributed by atoms with Gasteiger partial charge < -0.3 is 5.73 Å². The standard InChI is InChI=1S/C14H14Cl2FNS/c1-14(18,4-2-9-3-5-19-8-9)10-6-13(17)12(16)7-11(10)15/h3,5-8H,2,4,18H2,1H3. The van der Waals surface area contributed by atoms with Crippen LogP contribution in [0.15, 0.2) is 29.0 Å². The van der Waals surface area contributed by atoms with Gasteiger partial charge in [0.15, 0.2) is 0 Å². The summed E-state index contributed by atoms with van der Waals surface area (Å²) >= 11 is 13.5. The minimum atomic E-state index is -0.690. The van der Waals surface area contributed by atoms with Gasteiger partial charge in [0.1, 0.15) is 5.82 Å². The third kappa shape index (κ3) is 3.48. The zero-order valence-corrected chi connectivity index (χ0v) is 12.7. The van der Waals surface area contributed by atoms with Gasteiger partial charge in [-0.2, -0.15) is 11.3 Å². The van der Waals surface area contributed by atoms with E-state index in [-0.39, 0.29) is 5.02 Å². The molecule has 0 amide bonds. The smallest absolute Gasteiger partial charge is 0.142 e. The first-order chi connectivity index (χ1) is 8.90. The fourth-order valence-corrected chi connectivity index (χ4v) is 3.24. The van der Waals surface area contributed by atoms with Gasteiger partial charge in [-0.15, -0.1) is 0 Å². The molecule has 1 aromatic heterocycles. The molecule has 2 aromatic rings. The first kappa shape index (κ1) is 14.8. The molecule has 0 aliphatic heterocycles. The lowest BCUT2D eigenvalue weighted by molar-refractivity contribution is 0.450. The van der Waals surface area contributed by atoms with E-state index in [0.717, 1.165) is 6.42 Å². The summed E-state index contributed by atoms with van der Waals surface area (Å²) in [4.78, 5) is 0. The SMILES string of the molecule is CC(N)(CCc1ccsc1)c1cc(F)c(Cl)cc1Cl. The van der Waals surface area contributed by atoms with Crippen LogP contribution in [0.1, 0.15) is 24.5 Å². The molecule has 0 aliphatic rings. The fraction of sp³-hybridized carbons (Fsp3) is 0.286. The highest BCUT2D eigenvalue weighted by molar-refractivity contribution is 7.07. The normalized spacial score (nSPS) is 14.4. The maximum Gasteiger partial charge on any atom is 0.142 e. The van der Waals surface area contributed by atoms with Crippen LogP contribution in [0.25, 0.3) is 0 Å². The molecule has 1 heterocycles. The van der Waals surface area contributed by atoms with Gasteiger partial charge in [0.25, 0.3) is 0 Å². The van der Waals surface area contributed by atoms with E-state index in [0.29, 0.717) is 17.0 Å². The molecule has 2 rings (SSSR count). The number of rotatable bonds is 4. The molecule has 1 unspecified atom stereocenters. The van der Waals surface area contributed by atoms with E-state index in [2.05, 4.69) is 11.4 Å². The van der Waals surface area contributed by atoms with E-state index in [1.165, 1.54) is 17.7 Å². The van der Waals surface area contributed by atoms with Crippen LogP contribution in [0.5, 0.6) is 0 Å². The van der Waals surface area contributed by atoms with Gasteiger partial charge in [-0.3, -0.25) is 0 Å². The van der Waals surface area contributed by atoms with Crippen molar-refractivity contribution in [3.05, 3.63) is 55.9 Å². The molecule has 102 valence electrons. The molecule has 0 aliphatic carbocycles. The molecule has 0 spiro atoms. The van der Waals surface area contributed by atoms with Gasteiger partial charge >= 0.3 is 0 Å². The third-order valence-corrected chi connectivity index (χ3v) is 4.47. The summed E-state index contributed by atoms with van der Waals surface area (Å²) in [6, 6.07) is 4.80. The second-order valence-electron chi connectivity index (χ2n) is 4.80. The van der Waals surface area contributed by atoms with E-state index in [4.69, 9.17) is 28.9 Å². The van der Waals surface area contributed by atoms with Gasteiger partial charge in [0, 0.05) is 10.6 Å². The topological polar surface area (TPSA) is 26.0 Å². The highest BCUT2D eigenvalue weighted by Gasteiger charge is 2.25. The maximum absolute atomic E-state index is 13.6. The fourth-order valence-electron chi connectivity index (χ4n) is 1.93. The lowest BCUT2D eigenvalue weighted by Crippen LogP contribution is -2.34. The predicted octanol–water partition coefficient (Wildman–Crippen LogP) is 5.00. The Kier molecular flexibility index (Phi) is 4.51. The van der Waals surface area contributed by atoms with Crippen LogP contribution >= 0.6 is 34.5 Å². The molecule has 1 aromatic carbocycles. The summed E-state index contributed by atoms with van der Waals surface area (Å²) < 4.78 is 13.6. The van der Waals surface area contributed by atoms with Gasteiger partial charge in [-0.05, 0) is 59.9 Å². The average Bonchev–Trinajstić information content (AvgIpc) is 2.84. The van der Waals surface area contributed by atoms with Crippen molar-refractivity contribution < 1.29 is 4.39 Å². The van der Waals surface area contributed by atoms with Crippen molar-refractivity contribution in [1.29, 1.82) is 0 Å². The lowest BCUT2D eigenvalue weighted by Gasteiger charge is -2.26. The zero-order chi connectivity index (χ0) is 14.0. The second kappa shape index (κ2) is 5.80. The van der Waals surface area contributed by atoms with E-state index in [9.17, 15) is 4.39 Å². The molecule has 0 radical (unpaired) electrons. The number of hydrogen-bond acceptors (Lipinski definition) is 2. The minimum absolute atomic E-state index is 0.0161. The summed E-state index contributed by atoms with van der Waals surface area (Å²) in [6.07, 6.45) is 1.52. The molecule has 19 heavy (non-hydrogen) atoms. The summed E-state index contributed by atoms with van der Waals surface area (Å²) in [5.74, 6) is -0.492. The number of thiophene rings is 1. The Morgan fingerprint density at radius 2 is 2.05 bits per heavy atom. The molecule has 0 fully saturated rings. The molecule has 0 saturated heterocycles.